The summed E-state index contributed by atoms with van der Waals surface area (Å²) >= 11 is 4.95. The number of nitrogen functional groups attached to an aromatic ring is 1. The maximum Gasteiger partial charge on any atom is 0.265 e. The predicted octanol–water partition coefficient (Wildman–Crippen LogP) is 2.87. The van der Waals surface area contributed by atoms with Crippen LogP contribution >= 0.6 is 27.3 Å². The van der Waals surface area contributed by atoms with Gasteiger partial charge in [0.2, 0.25) is 0 Å². The molecule has 2 aromatic heterocycles. The number of hydrogen-bond acceptors (Lipinski definition) is 3. The van der Waals surface area contributed by atoms with Crippen LogP contribution in [0, 0.1) is 0 Å². The number of aryl methyl sites for hydroxylation is 1. The molecule has 2 N–H and O–H groups in total. The van der Waals surface area contributed by atoms with Gasteiger partial charge in [-0.15, -0.1) is 11.3 Å². The monoisotopic (exact) mass is 312 g/mol. The van der Waals surface area contributed by atoms with Crippen LogP contribution in [-0.2, 0) is 13.0 Å². The van der Waals surface area contributed by atoms with Crippen LogP contribution in [0.3, 0.4) is 0 Å². The Balaban J connectivity index is 2.32. The second-order valence-electron chi connectivity index (χ2n) is 3.78. The van der Waals surface area contributed by atoms with Crippen molar-refractivity contribution in [3.63, 3.8) is 0 Å². The van der Waals surface area contributed by atoms with Gasteiger partial charge in [0.15, 0.2) is 0 Å². The molecule has 0 aliphatic rings. The summed E-state index contributed by atoms with van der Waals surface area (Å²) in [6.07, 6.45) is 2.71. The van der Waals surface area contributed by atoms with Crippen LogP contribution in [0.1, 0.15) is 16.7 Å². The molecule has 5 heteroatoms. The Morgan fingerprint density at radius 2 is 2.12 bits per heavy atom. The highest BCUT2D eigenvalue weighted by atomic mass is 79.9. The van der Waals surface area contributed by atoms with Crippen molar-refractivity contribution in [2.24, 2.45) is 0 Å². The van der Waals surface area contributed by atoms with Gasteiger partial charge in [0, 0.05) is 21.6 Å². The molecule has 0 saturated heterocycles. The molecule has 0 aromatic carbocycles. The van der Waals surface area contributed by atoms with Crippen molar-refractivity contribution in [1.82, 2.24) is 4.57 Å². The highest BCUT2D eigenvalue weighted by molar-refractivity contribution is 9.10. The molecule has 0 atom stereocenters. The number of anilines is 1. The fraction of sp³-hybridized carbons (Fsp3) is 0.250. The van der Waals surface area contributed by atoms with Crippen molar-refractivity contribution >= 4 is 33.0 Å². The van der Waals surface area contributed by atoms with E-state index in [4.69, 9.17) is 5.73 Å². The van der Waals surface area contributed by atoms with Crippen molar-refractivity contribution in [3.05, 3.63) is 49.0 Å². The van der Waals surface area contributed by atoms with Crippen molar-refractivity contribution in [1.29, 1.82) is 0 Å². The first-order valence-corrected chi connectivity index (χ1v) is 6.94. The lowest BCUT2D eigenvalue weighted by Gasteiger charge is -2.05. The maximum atomic E-state index is 11.9. The Bertz CT molecular complexity index is 588. The second kappa shape index (κ2) is 5.06. The minimum atomic E-state index is -0.0503. The third-order valence-electron chi connectivity index (χ3n) is 2.46. The number of hydrogen-bond donors (Lipinski definition) is 1. The zero-order valence-corrected chi connectivity index (χ0v) is 11.8. The van der Waals surface area contributed by atoms with E-state index in [1.165, 1.54) is 9.75 Å². The molecule has 17 heavy (non-hydrogen) atoms. The summed E-state index contributed by atoms with van der Waals surface area (Å²) in [6, 6.07) is 5.80. The van der Waals surface area contributed by atoms with Gasteiger partial charge in [-0.25, -0.2) is 0 Å². The van der Waals surface area contributed by atoms with Crippen LogP contribution in [0.2, 0.25) is 0 Å². The number of halogens is 1. The Kier molecular flexibility index (Phi) is 3.69. The molecule has 3 nitrogen and oxygen atoms in total. The Morgan fingerprint density at radius 1 is 1.41 bits per heavy atom. The molecule has 0 saturated carbocycles. The summed E-state index contributed by atoms with van der Waals surface area (Å²) in [4.78, 5) is 14.4. The Labute approximate surface area is 112 Å². The van der Waals surface area contributed by atoms with Gasteiger partial charge < -0.3 is 10.3 Å². The van der Waals surface area contributed by atoms with E-state index in [0.29, 0.717) is 16.7 Å². The molecule has 2 rings (SSSR count). The Hall–Kier alpha value is -1.07. The average Bonchev–Trinajstić information content (AvgIpc) is 2.73. The van der Waals surface area contributed by atoms with Crippen LogP contribution in [0.25, 0.3) is 0 Å². The van der Waals surface area contributed by atoms with Crippen molar-refractivity contribution in [2.45, 2.75) is 19.9 Å². The molecular formula is C12H13BrN2OS. The lowest BCUT2D eigenvalue weighted by molar-refractivity contribution is 0.767. The number of pyridine rings is 1. The normalized spacial score (nSPS) is 10.7. The van der Waals surface area contributed by atoms with Gasteiger partial charge in [-0.1, -0.05) is 6.92 Å². The van der Waals surface area contributed by atoms with E-state index in [-0.39, 0.29) is 5.56 Å². The summed E-state index contributed by atoms with van der Waals surface area (Å²) in [6.45, 7) is 2.70. The fourth-order valence-corrected chi connectivity index (χ4v) is 3.05. The molecular weight excluding hydrogens is 300 g/mol. The van der Waals surface area contributed by atoms with Crippen molar-refractivity contribution in [3.8, 4) is 0 Å². The van der Waals surface area contributed by atoms with E-state index in [0.717, 1.165) is 6.42 Å². The van der Waals surface area contributed by atoms with Gasteiger partial charge in [-0.3, -0.25) is 4.79 Å². The molecule has 0 unspecified atom stereocenters. The van der Waals surface area contributed by atoms with Crippen LogP contribution in [0.5, 0.6) is 0 Å². The molecule has 90 valence electrons. The molecule has 2 aromatic rings. The standard InChI is InChI=1S/C12H13BrN2OS/c1-2-9-3-4-10(17-9)7-15-6-8(14)5-11(13)12(15)16/h3-6H,2,7,14H2,1H3. The van der Waals surface area contributed by atoms with Gasteiger partial charge >= 0.3 is 0 Å². The third kappa shape index (κ3) is 2.79. The zero-order valence-electron chi connectivity index (χ0n) is 9.44. The molecule has 0 radical (unpaired) electrons. The maximum absolute atomic E-state index is 11.9. The zero-order chi connectivity index (χ0) is 12.4. The van der Waals surface area contributed by atoms with Crippen LogP contribution in [-0.4, -0.2) is 4.57 Å². The number of aromatic nitrogens is 1. The first-order chi connectivity index (χ1) is 8.10. The third-order valence-corrected chi connectivity index (χ3v) is 4.24. The van der Waals surface area contributed by atoms with Crippen LogP contribution < -0.4 is 11.3 Å². The summed E-state index contributed by atoms with van der Waals surface area (Å²) in [7, 11) is 0. The smallest absolute Gasteiger partial charge is 0.265 e. The molecule has 0 aliphatic carbocycles. The quantitative estimate of drug-likeness (QED) is 0.947. The number of nitrogens with zero attached hydrogens (tertiary/aromatic N) is 1. The Morgan fingerprint density at radius 3 is 2.76 bits per heavy atom. The highest BCUT2D eigenvalue weighted by Gasteiger charge is 2.05. The summed E-state index contributed by atoms with van der Waals surface area (Å²) in [5.41, 5.74) is 6.26. The number of thiophene rings is 1. The lowest BCUT2D eigenvalue weighted by atomic mass is 10.3. The molecule has 0 bridgehead atoms. The van der Waals surface area contributed by atoms with Gasteiger partial charge in [0.05, 0.1) is 11.0 Å². The molecule has 0 aliphatic heterocycles. The number of nitrogens with two attached hydrogens (primary N) is 1. The fourth-order valence-electron chi connectivity index (χ4n) is 1.60. The van der Waals surface area contributed by atoms with Gasteiger partial charge in [-0.05, 0) is 40.5 Å². The average molecular weight is 313 g/mol. The van der Waals surface area contributed by atoms with Gasteiger partial charge in [-0.2, -0.15) is 0 Å². The molecule has 0 spiro atoms. The predicted molar refractivity (Wildman–Crippen MR) is 75.6 cm³/mol. The van der Waals surface area contributed by atoms with Gasteiger partial charge in [0.1, 0.15) is 0 Å². The van der Waals surface area contributed by atoms with Crippen molar-refractivity contribution in [2.75, 3.05) is 5.73 Å². The van der Waals surface area contributed by atoms with Gasteiger partial charge in [0.25, 0.3) is 5.56 Å². The van der Waals surface area contributed by atoms with E-state index in [1.54, 1.807) is 28.2 Å². The first kappa shape index (κ1) is 12.4. The lowest BCUT2D eigenvalue weighted by Crippen LogP contribution is -2.20. The van der Waals surface area contributed by atoms with Crippen molar-refractivity contribution < 1.29 is 0 Å². The van der Waals surface area contributed by atoms with E-state index >= 15 is 0 Å². The first-order valence-electron chi connectivity index (χ1n) is 5.33. The minimum Gasteiger partial charge on any atom is -0.398 e. The highest BCUT2D eigenvalue weighted by Crippen LogP contribution is 2.18. The van der Waals surface area contributed by atoms with E-state index < -0.39 is 0 Å². The molecule has 2 heterocycles. The summed E-state index contributed by atoms with van der Waals surface area (Å²) in [5.74, 6) is 0. The largest absolute Gasteiger partial charge is 0.398 e. The number of rotatable bonds is 3. The molecule has 0 amide bonds. The second-order valence-corrected chi connectivity index (χ2v) is 5.88. The summed E-state index contributed by atoms with van der Waals surface area (Å²) < 4.78 is 2.13. The van der Waals surface area contributed by atoms with E-state index in [1.807, 2.05) is 0 Å². The minimum absolute atomic E-state index is 0.0503. The molecule has 0 fully saturated rings. The van der Waals surface area contributed by atoms with E-state index in [9.17, 15) is 4.79 Å². The topological polar surface area (TPSA) is 48.0 Å². The van der Waals surface area contributed by atoms with Crippen LogP contribution in [0.4, 0.5) is 5.69 Å². The van der Waals surface area contributed by atoms with E-state index in [2.05, 4.69) is 35.0 Å². The summed E-state index contributed by atoms with van der Waals surface area (Å²) in [5, 5.41) is 0. The SMILES string of the molecule is CCc1ccc(Cn2cc(N)cc(Br)c2=O)s1. The van der Waals surface area contributed by atoms with Crippen LogP contribution in [0.15, 0.2) is 33.7 Å².